The molecular weight excluding hydrogens is 344 g/mol. The number of carboxylic acid groups (broad SMARTS) is 1. The van der Waals surface area contributed by atoms with E-state index in [9.17, 15) is 34.4 Å². The van der Waals surface area contributed by atoms with E-state index in [0.717, 1.165) is 6.07 Å². The lowest BCUT2D eigenvalue weighted by molar-refractivity contribution is -0.384. The molecule has 26 heavy (non-hydrogen) atoms. The zero-order valence-electron chi connectivity index (χ0n) is 13.0. The summed E-state index contributed by atoms with van der Waals surface area (Å²) in [7, 11) is 0. The fraction of sp³-hybridized carbons (Fsp3) is 0.0588. The summed E-state index contributed by atoms with van der Waals surface area (Å²) in [5.41, 5.74) is -0.300. The molecule has 1 aliphatic heterocycles. The van der Waals surface area contributed by atoms with E-state index in [4.69, 9.17) is 0 Å². The van der Waals surface area contributed by atoms with Gasteiger partial charge in [-0.2, -0.15) is 0 Å². The van der Waals surface area contributed by atoms with Crippen LogP contribution >= 0.6 is 0 Å². The highest BCUT2D eigenvalue weighted by Gasteiger charge is 2.36. The molecule has 0 unspecified atom stereocenters. The molecule has 0 fully saturated rings. The first-order valence-corrected chi connectivity index (χ1v) is 7.29. The molecule has 9 nitrogen and oxygen atoms in total. The molecule has 0 bridgehead atoms. The monoisotopic (exact) mass is 353 g/mol. The molecule has 0 aromatic heterocycles. The molecule has 1 heterocycles. The number of carbonyl (C=O) groups excluding carboxylic acids is 4. The number of rotatable bonds is 5. The Morgan fingerprint density at radius 2 is 1.62 bits per heavy atom. The first kappa shape index (κ1) is 17.0. The minimum absolute atomic E-state index is 0.0214. The van der Waals surface area contributed by atoms with E-state index < -0.39 is 35.0 Å². The second-order valence-electron chi connectivity index (χ2n) is 5.47. The lowest BCUT2D eigenvalue weighted by Crippen LogP contribution is -2.41. The number of amides is 2. The quantitative estimate of drug-likeness (QED) is 0.323. The summed E-state index contributed by atoms with van der Waals surface area (Å²) in [6.45, 7) is -0.888. The van der Waals surface area contributed by atoms with Crippen molar-refractivity contribution >= 4 is 29.3 Å². The molecular formula is C17H9N2O7-. The fourth-order valence-electron chi connectivity index (χ4n) is 2.63. The molecule has 0 radical (unpaired) electrons. The van der Waals surface area contributed by atoms with Crippen LogP contribution in [0.5, 0.6) is 0 Å². The fourth-order valence-corrected chi connectivity index (χ4v) is 2.63. The third-order valence-corrected chi connectivity index (χ3v) is 3.84. The molecule has 2 aromatic rings. The van der Waals surface area contributed by atoms with Crippen molar-refractivity contribution in [3.63, 3.8) is 0 Å². The van der Waals surface area contributed by atoms with Crippen LogP contribution in [0.25, 0.3) is 0 Å². The first-order valence-electron chi connectivity index (χ1n) is 7.29. The summed E-state index contributed by atoms with van der Waals surface area (Å²) in [4.78, 5) is 58.2. The zero-order valence-corrected chi connectivity index (χ0v) is 13.0. The van der Waals surface area contributed by atoms with Crippen LogP contribution in [0.4, 0.5) is 5.69 Å². The van der Waals surface area contributed by atoms with Crippen LogP contribution in [0, 0.1) is 10.1 Å². The summed E-state index contributed by atoms with van der Waals surface area (Å²) >= 11 is 0. The Hall–Kier alpha value is -3.88. The highest BCUT2D eigenvalue weighted by Crippen LogP contribution is 2.25. The summed E-state index contributed by atoms with van der Waals surface area (Å²) in [5.74, 6) is -3.80. The number of carboxylic acids is 1. The van der Waals surface area contributed by atoms with Crippen LogP contribution < -0.4 is 5.11 Å². The predicted octanol–water partition coefficient (Wildman–Crippen LogP) is 0.172. The number of nitro groups is 1. The minimum Gasteiger partial charge on any atom is -0.548 e. The van der Waals surface area contributed by atoms with Crippen LogP contribution in [-0.4, -0.2) is 39.9 Å². The molecule has 0 aliphatic carbocycles. The largest absolute Gasteiger partial charge is 0.548 e. The third kappa shape index (κ3) is 2.81. The van der Waals surface area contributed by atoms with Gasteiger partial charge in [0.25, 0.3) is 17.5 Å². The van der Waals surface area contributed by atoms with Crippen LogP contribution in [0.2, 0.25) is 0 Å². The average molecular weight is 353 g/mol. The maximum absolute atomic E-state index is 12.5. The molecule has 130 valence electrons. The number of ketones is 1. The van der Waals surface area contributed by atoms with E-state index in [1.54, 1.807) is 0 Å². The van der Waals surface area contributed by atoms with E-state index in [2.05, 4.69) is 0 Å². The van der Waals surface area contributed by atoms with E-state index in [1.807, 2.05) is 0 Å². The van der Waals surface area contributed by atoms with Gasteiger partial charge in [-0.3, -0.25) is 29.4 Å². The molecule has 0 spiro atoms. The number of carbonyl (C=O) groups is 4. The van der Waals surface area contributed by atoms with E-state index in [1.165, 1.54) is 36.4 Å². The average Bonchev–Trinajstić information content (AvgIpc) is 2.85. The van der Waals surface area contributed by atoms with Gasteiger partial charge in [-0.1, -0.05) is 18.2 Å². The van der Waals surface area contributed by atoms with Crippen molar-refractivity contribution in [2.45, 2.75) is 0 Å². The number of benzene rings is 2. The van der Waals surface area contributed by atoms with Crippen molar-refractivity contribution in [2.24, 2.45) is 0 Å². The summed E-state index contributed by atoms with van der Waals surface area (Å²) < 4.78 is 0. The van der Waals surface area contributed by atoms with Crippen LogP contribution in [0.1, 0.15) is 36.6 Å². The van der Waals surface area contributed by atoms with Gasteiger partial charge in [0, 0.05) is 23.3 Å². The normalized spacial score (nSPS) is 12.8. The van der Waals surface area contributed by atoms with Crippen molar-refractivity contribution in [2.75, 3.05) is 6.54 Å². The van der Waals surface area contributed by atoms with Gasteiger partial charge in [0.2, 0.25) is 0 Å². The Labute approximate surface area is 145 Å². The first-order chi connectivity index (χ1) is 12.3. The number of fused-ring (bicyclic) bond motifs is 1. The molecule has 1 aliphatic rings. The smallest absolute Gasteiger partial charge is 0.270 e. The molecule has 0 saturated heterocycles. The van der Waals surface area contributed by atoms with Gasteiger partial charge in [0.15, 0.2) is 5.78 Å². The Morgan fingerprint density at radius 3 is 2.27 bits per heavy atom. The van der Waals surface area contributed by atoms with Gasteiger partial charge >= 0.3 is 0 Å². The predicted molar refractivity (Wildman–Crippen MR) is 83.3 cm³/mol. The van der Waals surface area contributed by atoms with E-state index in [0.29, 0.717) is 4.90 Å². The third-order valence-electron chi connectivity index (χ3n) is 3.84. The molecule has 3 rings (SSSR count). The topological polar surface area (TPSA) is 138 Å². The van der Waals surface area contributed by atoms with Gasteiger partial charge in [0.05, 0.1) is 28.6 Å². The van der Waals surface area contributed by atoms with Crippen LogP contribution in [0.15, 0.2) is 42.5 Å². The van der Waals surface area contributed by atoms with Crippen molar-refractivity contribution in [3.05, 3.63) is 74.8 Å². The summed E-state index contributed by atoms with van der Waals surface area (Å²) in [6.07, 6.45) is 0. The van der Waals surface area contributed by atoms with Crippen molar-refractivity contribution in [1.29, 1.82) is 0 Å². The Kier molecular flexibility index (Phi) is 4.05. The lowest BCUT2D eigenvalue weighted by atomic mass is 9.99. The number of hydrogen-bond acceptors (Lipinski definition) is 7. The highest BCUT2D eigenvalue weighted by atomic mass is 16.6. The van der Waals surface area contributed by atoms with E-state index in [-0.39, 0.29) is 27.9 Å². The molecule has 2 aromatic carbocycles. The Balaban J connectivity index is 1.97. The standard InChI is InChI=1S/C17H10N2O7/c20-14(21)8-18-16(23)12-5-4-10(7-13(12)17(18)24)15(22)9-2-1-3-11(6-9)19(25)26/h1-7H,8H2,(H,20,21)/p-1. The summed E-state index contributed by atoms with van der Waals surface area (Å²) in [6, 6.07) is 8.80. The second kappa shape index (κ2) is 6.20. The molecule has 0 saturated carbocycles. The number of nitro benzene ring substituents is 1. The highest BCUT2D eigenvalue weighted by molar-refractivity contribution is 6.23. The number of non-ortho nitro benzene ring substituents is 1. The SMILES string of the molecule is O=C([O-])CN1C(=O)c2ccc(C(=O)c3cccc([N+](=O)[O-])c3)cc2C1=O. The Bertz CT molecular complexity index is 996. The van der Waals surface area contributed by atoms with Gasteiger partial charge in [-0.05, 0) is 12.1 Å². The maximum Gasteiger partial charge on any atom is 0.270 e. The minimum atomic E-state index is -1.59. The number of aliphatic carboxylic acids is 1. The summed E-state index contributed by atoms with van der Waals surface area (Å²) in [5, 5.41) is 21.5. The Morgan fingerprint density at radius 1 is 0.962 bits per heavy atom. The van der Waals surface area contributed by atoms with Gasteiger partial charge < -0.3 is 9.90 Å². The van der Waals surface area contributed by atoms with Gasteiger partial charge in [-0.25, -0.2) is 0 Å². The van der Waals surface area contributed by atoms with Gasteiger partial charge in [-0.15, -0.1) is 0 Å². The molecule has 9 heteroatoms. The number of hydrogen-bond donors (Lipinski definition) is 0. The van der Waals surface area contributed by atoms with Crippen molar-refractivity contribution in [3.8, 4) is 0 Å². The van der Waals surface area contributed by atoms with Crippen LogP contribution in [0.3, 0.4) is 0 Å². The van der Waals surface area contributed by atoms with E-state index >= 15 is 0 Å². The lowest BCUT2D eigenvalue weighted by Gasteiger charge is -2.13. The zero-order chi connectivity index (χ0) is 19.0. The second-order valence-corrected chi connectivity index (χ2v) is 5.47. The maximum atomic E-state index is 12.5. The van der Waals surface area contributed by atoms with Crippen LogP contribution in [-0.2, 0) is 4.79 Å². The molecule has 0 N–H and O–H groups in total. The number of nitrogens with zero attached hydrogens (tertiary/aromatic N) is 2. The van der Waals surface area contributed by atoms with Gasteiger partial charge in [0.1, 0.15) is 0 Å². The molecule has 0 atom stereocenters. The van der Waals surface area contributed by atoms with Crippen molar-refractivity contribution in [1.82, 2.24) is 4.90 Å². The number of imide groups is 1. The molecule has 2 amide bonds. The van der Waals surface area contributed by atoms with Crippen molar-refractivity contribution < 1.29 is 29.2 Å².